The molecule has 0 unspecified atom stereocenters. The minimum absolute atomic E-state index is 0.623. The van der Waals surface area contributed by atoms with Crippen molar-refractivity contribution in [3.63, 3.8) is 0 Å². The highest BCUT2D eigenvalue weighted by molar-refractivity contribution is 6.11. The van der Waals surface area contributed by atoms with Gasteiger partial charge in [0.05, 0.1) is 28.4 Å². The van der Waals surface area contributed by atoms with E-state index in [2.05, 4.69) is 263 Å². The van der Waals surface area contributed by atoms with Crippen LogP contribution in [0.4, 0.5) is 34.1 Å². The summed E-state index contributed by atoms with van der Waals surface area (Å²) in [5, 5.41) is 14.4. The van der Waals surface area contributed by atoms with E-state index in [1.807, 2.05) is 24.3 Å². The number of anilines is 6. The van der Waals surface area contributed by atoms with Crippen LogP contribution in [0.25, 0.3) is 71.6 Å². The second-order valence-corrected chi connectivity index (χ2v) is 17.3. The van der Waals surface area contributed by atoms with Crippen molar-refractivity contribution in [2.24, 2.45) is 0 Å². The van der Waals surface area contributed by atoms with Gasteiger partial charge in [0.2, 0.25) is 0 Å². The van der Waals surface area contributed by atoms with Gasteiger partial charge in [0.25, 0.3) is 0 Å². The average molecular weight is 881 g/mol. The molecule has 0 bridgehead atoms. The van der Waals surface area contributed by atoms with Gasteiger partial charge in [0.1, 0.15) is 0 Å². The Morgan fingerprint density at radius 3 is 1.48 bits per heavy atom. The lowest BCUT2D eigenvalue weighted by atomic mass is 9.95. The van der Waals surface area contributed by atoms with Gasteiger partial charge in [-0.25, -0.2) is 0 Å². The molecule has 4 heteroatoms. The summed E-state index contributed by atoms with van der Waals surface area (Å²) < 4.78 is 2.34. The Kier molecular flexibility index (Phi) is 10.6. The van der Waals surface area contributed by atoms with E-state index in [1.165, 1.54) is 27.5 Å². The van der Waals surface area contributed by atoms with E-state index < -0.39 is 0 Å². The Morgan fingerprint density at radius 2 is 0.797 bits per heavy atom. The molecule has 0 fully saturated rings. The van der Waals surface area contributed by atoms with Crippen molar-refractivity contribution >= 4 is 66.7 Å². The first-order valence-electron chi connectivity index (χ1n) is 23.3. The number of hydrogen-bond donors (Lipinski definition) is 0. The molecule has 12 aromatic rings. The zero-order valence-corrected chi connectivity index (χ0v) is 37.7. The number of hydrogen-bond acceptors (Lipinski definition) is 3. The predicted molar refractivity (Wildman–Crippen MR) is 289 cm³/mol. The Bertz CT molecular complexity index is 3820. The van der Waals surface area contributed by atoms with Crippen molar-refractivity contribution in [3.8, 4) is 45.1 Å². The molecular formula is C65H44N4. The molecule has 1 aromatic heterocycles. The lowest BCUT2D eigenvalue weighted by Gasteiger charge is -2.28. The standard InChI is InChI=1S/C65H44N4/c66-45-46-27-33-53(34-28-46)67(57-39-41-65-62(44-57)61-25-12-13-26-63(61)69(65)52-20-8-3-9-21-52)54-37-31-50(32-38-54)58-40-42-64(60-24-11-10-23-59(58)60)68(55-35-29-49(30-36-55)47-15-4-1-5-16-47)56-22-14-19-51(43-56)48-17-6-2-7-18-48/h1-44H. The normalized spacial score (nSPS) is 11.2. The van der Waals surface area contributed by atoms with Crippen LogP contribution in [0.2, 0.25) is 0 Å². The van der Waals surface area contributed by atoms with E-state index in [0.717, 1.165) is 78.3 Å². The number of nitriles is 1. The molecule has 11 aromatic carbocycles. The van der Waals surface area contributed by atoms with E-state index in [1.54, 1.807) is 0 Å². The summed E-state index contributed by atoms with van der Waals surface area (Å²) in [6, 6.07) is 97.1. The molecule has 0 saturated heterocycles. The highest BCUT2D eigenvalue weighted by Gasteiger charge is 2.21. The van der Waals surface area contributed by atoms with Crippen LogP contribution in [0.5, 0.6) is 0 Å². The van der Waals surface area contributed by atoms with Crippen molar-refractivity contribution in [1.82, 2.24) is 4.57 Å². The minimum Gasteiger partial charge on any atom is -0.310 e. The van der Waals surface area contributed by atoms with E-state index >= 15 is 0 Å². The topological polar surface area (TPSA) is 35.2 Å². The SMILES string of the molecule is N#Cc1ccc(N(c2ccc(-c3ccc(N(c4ccc(-c5ccccc5)cc4)c4cccc(-c5ccccc5)c4)c4ccccc34)cc2)c2ccc3c(c2)c2ccccc2n3-c2ccccc2)cc1. The fourth-order valence-electron chi connectivity index (χ4n) is 9.92. The molecule has 0 aliphatic heterocycles. The van der Waals surface area contributed by atoms with Crippen molar-refractivity contribution < 1.29 is 0 Å². The number of nitrogens with zero attached hydrogens (tertiary/aromatic N) is 4. The highest BCUT2D eigenvalue weighted by Crippen LogP contribution is 2.45. The van der Waals surface area contributed by atoms with Gasteiger partial charge in [-0.1, -0.05) is 164 Å². The van der Waals surface area contributed by atoms with E-state index in [9.17, 15) is 5.26 Å². The molecule has 0 N–H and O–H groups in total. The minimum atomic E-state index is 0.623. The first-order valence-corrected chi connectivity index (χ1v) is 23.3. The predicted octanol–water partition coefficient (Wildman–Crippen LogP) is 17.7. The van der Waals surface area contributed by atoms with Gasteiger partial charge in [0.15, 0.2) is 0 Å². The molecule has 0 atom stereocenters. The zero-order valence-electron chi connectivity index (χ0n) is 37.7. The molecule has 0 aliphatic rings. The number of aromatic nitrogens is 1. The third-order valence-corrected chi connectivity index (χ3v) is 13.2. The molecule has 0 radical (unpaired) electrons. The van der Waals surface area contributed by atoms with Gasteiger partial charge in [-0.05, 0) is 142 Å². The van der Waals surface area contributed by atoms with Crippen LogP contribution in [-0.4, -0.2) is 4.57 Å². The number of benzene rings is 11. The molecule has 1 heterocycles. The maximum Gasteiger partial charge on any atom is 0.0991 e. The Morgan fingerprint density at radius 1 is 0.304 bits per heavy atom. The largest absolute Gasteiger partial charge is 0.310 e. The molecule has 0 aliphatic carbocycles. The molecule has 69 heavy (non-hydrogen) atoms. The average Bonchev–Trinajstić information content (AvgIpc) is 3.76. The van der Waals surface area contributed by atoms with Crippen molar-refractivity contribution in [2.75, 3.05) is 9.80 Å². The molecule has 0 saturated carbocycles. The van der Waals surface area contributed by atoms with E-state index in [-0.39, 0.29) is 0 Å². The third kappa shape index (κ3) is 7.65. The Hall–Kier alpha value is -9.43. The summed E-state index contributed by atoms with van der Waals surface area (Å²) in [4.78, 5) is 4.67. The lowest BCUT2D eigenvalue weighted by molar-refractivity contribution is 1.18. The van der Waals surface area contributed by atoms with Crippen LogP contribution in [0.15, 0.2) is 267 Å². The highest BCUT2D eigenvalue weighted by atomic mass is 15.1. The number of fused-ring (bicyclic) bond motifs is 4. The molecule has 4 nitrogen and oxygen atoms in total. The van der Waals surface area contributed by atoms with Crippen LogP contribution >= 0.6 is 0 Å². The van der Waals surface area contributed by atoms with Crippen LogP contribution < -0.4 is 9.80 Å². The molecule has 0 amide bonds. The van der Waals surface area contributed by atoms with Crippen molar-refractivity contribution in [2.45, 2.75) is 0 Å². The van der Waals surface area contributed by atoms with E-state index in [4.69, 9.17) is 0 Å². The summed E-state index contributed by atoms with van der Waals surface area (Å²) in [7, 11) is 0. The Labute approximate surface area is 402 Å². The van der Waals surface area contributed by atoms with Gasteiger partial charge in [0, 0.05) is 50.3 Å². The van der Waals surface area contributed by atoms with Crippen LogP contribution in [0, 0.1) is 11.3 Å². The zero-order chi connectivity index (χ0) is 46.1. The summed E-state index contributed by atoms with van der Waals surface area (Å²) in [6.07, 6.45) is 0. The fraction of sp³-hybridized carbons (Fsp3) is 0. The second kappa shape index (κ2) is 17.8. The summed E-state index contributed by atoms with van der Waals surface area (Å²) >= 11 is 0. The maximum atomic E-state index is 9.73. The molecule has 324 valence electrons. The summed E-state index contributed by atoms with van der Waals surface area (Å²) in [5.74, 6) is 0. The third-order valence-electron chi connectivity index (χ3n) is 13.2. The molecule has 0 spiro atoms. The van der Waals surface area contributed by atoms with Crippen LogP contribution in [-0.2, 0) is 0 Å². The summed E-state index contributed by atoms with van der Waals surface area (Å²) in [6.45, 7) is 0. The van der Waals surface area contributed by atoms with Gasteiger partial charge in [-0.2, -0.15) is 5.26 Å². The van der Waals surface area contributed by atoms with Crippen molar-refractivity contribution in [3.05, 3.63) is 272 Å². The monoisotopic (exact) mass is 880 g/mol. The fourth-order valence-corrected chi connectivity index (χ4v) is 9.92. The van der Waals surface area contributed by atoms with Gasteiger partial charge >= 0.3 is 0 Å². The lowest BCUT2D eigenvalue weighted by Crippen LogP contribution is -2.11. The smallest absolute Gasteiger partial charge is 0.0991 e. The van der Waals surface area contributed by atoms with Gasteiger partial charge < -0.3 is 14.4 Å². The van der Waals surface area contributed by atoms with Crippen LogP contribution in [0.3, 0.4) is 0 Å². The first-order chi connectivity index (χ1) is 34.2. The number of para-hydroxylation sites is 2. The van der Waals surface area contributed by atoms with Crippen LogP contribution in [0.1, 0.15) is 5.56 Å². The summed E-state index contributed by atoms with van der Waals surface area (Å²) in [5.41, 5.74) is 17.3. The van der Waals surface area contributed by atoms with E-state index in [0.29, 0.717) is 5.56 Å². The van der Waals surface area contributed by atoms with Gasteiger partial charge in [-0.15, -0.1) is 0 Å². The Balaban J connectivity index is 0.960. The van der Waals surface area contributed by atoms with Gasteiger partial charge in [-0.3, -0.25) is 0 Å². The second-order valence-electron chi connectivity index (χ2n) is 17.3. The molecular weight excluding hydrogens is 837 g/mol. The maximum absolute atomic E-state index is 9.73. The van der Waals surface area contributed by atoms with Crippen molar-refractivity contribution in [1.29, 1.82) is 5.26 Å². The molecule has 12 rings (SSSR count). The first kappa shape index (κ1) is 41.0. The quantitative estimate of drug-likeness (QED) is 0.137. The number of rotatable bonds is 10.